The van der Waals surface area contributed by atoms with Crippen molar-refractivity contribution >= 4 is 28.8 Å². The number of H-pyrrole nitrogens is 1. The van der Waals surface area contributed by atoms with E-state index in [2.05, 4.69) is 15.6 Å². The summed E-state index contributed by atoms with van der Waals surface area (Å²) in [7, 11) is 0. The highest BCUT2D eigenvalue weighted by molar-refractivity contribution is 5.86. The van der Waals surface area contributed by atoms with Crippen LogP contribution in [0.2, 0.25) is 0 Å². The number of carboxylic acid groups (broad SMARTS) is 1. The molecular weight excluding hydrogens is 491 g/mol. The van der Waals surface area contributed by atoms with E-state index >= 15 is 0 Å². The van der Waals surface area contributed by atoms with Crippen molar-refractivity contribution in [2.45, 2.75) is 38.3 Å². The van der Waals surface area contributed by atoms with Crippen LogP contribution < -0.4 is 10.6 Å². The summed E-state index contributed by atoms with van der Waals surface area (Å²) in [5, 5.41) is 16.2. The molecule has 0 aliphatic carbocycles. The van der Waals surface area contributed by atoms with Gasteiger partial charge in [0.1, 0.15) is 18.5 Å². The third-order valence-electron chi connectivity index (χ3n) is 6.89. The fourth-order valence-corrected chi connectivity index (χ4v) is 4.69. The lowest BCUT2D eigenvalue weighted by atomic mass is 9.93. The van der Waals surface area contributed by atoms with E-state index in [1.54, 1.807) is 23.2 Å². The number of nitrogens with zero attached hydrogens (tertiary/aromatic N) is 1. The number of aromatic nitrogens is 1. The number of piperidine rings is 1. The number of ether oxygens (including phenoxy) is 1. The molecule has 1 saturated heterocycles. The van der Waals surface area contributed by atoms with Crippen LogP contribution in [0.1, 0.15) is 30.4 Å². The zero-order chi connectivity index (χ0) is 26.9. The number of carbonyl (C=O) groups is 3. The first kappa shape index (κ1) is 27.1. The maximum Gasteiger partial charge on any atom is 0.326 e. The molecule has 0 spiro atoms. The van der Waals surface area contributed by atoms with Gasteiger partial charge >= 0.3 is 12.0 Å². The second-order valence-electron chi connectivity index (χ2n) is 9.59. The van der Waals surface area contributed by atoms with E-state index < -0.39 is 12.0 Å². The number of nitrogens with one attached hydrogen (secondary N) is 3. The highest BCUT2D eigenvalue weighted by atomic mass is 19.1. The summed E-state index contributed by atoms with van der Waals surface area (Å²) >= 11 is 0. The first-order valence-corrected chi connectivity index (χ1v) is 12.8. The van der Waals surface area contributed by atoms with Gasteiger partial charge in [0.15, 0.2) is 0 Å². The predicted octanol–water partition coefficient (Wildman–Crippen LogP) is 3.45. The van der Waals surface area contributed by atoms with E-state index in [4.69, 9.17) is 4.74 Å². The number of carbonyl (C=O) groups excluding carboxylic acids is 2. The Morgan fingerprint density at radius 1 is 1.11 bits per heavy atom. The molecule has 1 fully saturated rings. The van der Waals surface area contributed by atoms with E-state index in [1.165, 1.54) is 12.1 Å². The number of rotatable bonds is 11. The van der Waals surface area contributed by atoms with Crippen molar-refractivity contribution in [1.29, 1.82) is 0 Å². The summed E-state index contributed by atoms with van der Waals surface area (Å²) in [6.45, 7) is 1.74. The van der Waals surface area contributed by atoms with E-state index in [0.717, 1.165) is 41.3 Å². The number of hydrogen-bond acceptors (Lipinski definition) is 4. The molecule has 0 radical (unpaired) electrons. The molecule has 0 bridgehead atoms. The molecule has 1 atom stereocenters. The lowest BCUT2D eigenvalue weighted by Gasteiger charge is -2.32. The van der Waals surface area contributed by atoms with Crippen LogP contribution in [0.15, 0.2) is 54.7 Å². The van der Waals surface area contributed by atoms with Gasteiger partial charge in [-0.1, -0.05) is 30.3 Å². The topological polar surface area (TPSA) is 124 Å². The fraction of sp³-hybridized carbons (Fsp3) is 0.393. The number of aliphatic carboxylic acids is 1. The SMILES string of the molecule is O=C(COCc1ccc(F)cc1)NCCC1CCN(C(=O)NC(Cc2c[nH]c3ccccc23)C(=O)O)CC1. The zero-order valence-corrected chi connectivity index (χ0v) is 21.1. The summed E-state index contributed by atoms with van der Waals surface area (Å²) in [5.74, 6) is -1.24. The van der Waals surface area contributed by atoms with Gasteiger partial charge in [-0.05, 0) is 54.5 Å². The lowest BCUT2D eigenvalue weighted by Crippen LogP contribution is -2.51. The molecule has 202 valence electrons. The van der Waals surface area contributed by atoms with Gasteiger partial charge in [-0.3, -0.25) is 4.79 Å². The number of carboxylic acids is 1. The van der Waals surface area contributed by atoms with Crippen LogP contribution in [0, 0.1) is 11.7 Å². The van der Waals surface area contributed by atoms with Crippen molar-refractivity contribution in [2.75, 3.05) is 26.2 Å². The van der Waals surface area contributed by atoms with Crippen molar-refractivity contribution < 1.29 is 28.6 Å². The number of fused-ring (bicyclic) bond motifs is 1. The molecule has 1 aromatic heterocycles. The Morgan fingerprint density at radius 3 is 2.58 bits per heavy atom. The highest BCUT2D eigenvalue weighted by Gasteiger charge is 2.27. The molecule has 1 aliphatic heterocycles. The van der Waals surface area contributed by atoms with Gasteiger partial charge in [0.05, 0.1) is 6.61 Å². The smallest absolute Gasteiger partial charge is 0.326 e. The number of hydrogen-bond donors (Lipinski definition) is 4. The number of amides is 3. The maximum absolute atomic E-state index is 12.9. The van der Waals surface area contributed by atoms with Crippen molar-refractivity contribution in [3.05, 3.63) is 71.7 Å². The number of aromatic amines is 1. The molecule has 1 aliphatic rings. The zero-order valence-electron chi connectivity index (χ0n) is 21.1. The molecule has 3 aromatic rings. The Bertz CT molecular complexity index is 1240. The van der Waals surface area contributed by atoms with E-state index in [0.29, 0.717) is 25.6 Å². The molecule has 4 rings (SSSR count). The monoisotopic (exact) mass is 524 g/mol. The molecule has 10 heteroatoms. The van der Waals surface area contributed by atoms with Crippen molar-refractivity contribution in [1.82, 2.24) is 20.5 Å². The Labute approximate surface area is 220 Å². The predicted molar refractivity (Wildman–Crippen MR) is 140 cm³/mol. The molecule has 38 heavy (non-hydrogen) atoms. The first-order valence-electron chi connectivity index (χ1n) is 12.8. The normalized spacial score (nSPS) is 14.8. The van der Waals surface area contributed by atoms with Crippen LogP contribution in [0.3, 0.4) is 0 Å². The Balaban J connectivity index is 1.14. The Kier molecular flexibility index (Phi) is 9.31. The molecule has 0 saturated carbocycles. The highest BCUT2D eigenvalue weighted by Crippen LogP contribution is 2.21. The Hall–Kier alpha value is -3.92. The van der Waals surface area contributed by atoms with Gasteiger partial charge in [-0.25, -0.2) is 14.0 Å². The number of halogens is 1. The number of benzene rings is 2. The molecule has 2 aromatic carbocycles. The lowest BCUT2D eigenvalue weighted by molar-refractivity contribution is -0.139. The van der Waals surface area contributed by atoms with Crippen LogP contribution in [0.25, 0.3) is 10.9 Å². The summed E-state index contributed by atoms with van der Waals surface area (Å²) in [6, 6.07) is 12.2. The third-order valence-corrected chi connectivity index (χ3v) is 6.89. The van der Waals surface area contributed by atoms with Crippen LogP contribution in [0.5, 0.6) is 0 Å². The van der Waals surface area contributed by atoms with E-state index in [1.807, 2.05) is 24.3 Å². The van der Waals surface area contributed by atoms with Gasteiger partial charge in [0.2, 0.25) is 5.91 Å². The van der Waals surface area contributed by atoms with Crippen LogP contribution >= 0.6 is 0 Å². The van der Waals surface area contributed by atoms with Crippen LogP contribution in [-0.4, -0.2) is 65.2 Å². The average molecular weight is 525 g/mol. The average Bonchev–Trinajstić information content (AvgIpc) is 3.32. The van der Waals surface area contributed by atoms with Gasteiger partial charge < -0.3 is 30.4 Å². The third kappa shape index (κ3) is 7.55. The van der Waals surface area contributed by atoms with Crippen LogP contribution in [-0.2, 0) is 27.4 Å². The van der Waals surface area contributed by atoms with Crippen molar-refractivity contribution in [3.8, 4) is 0 Å². The largest absolute Gasteiger partial charge is 0.480 e. The molecule has 4 N–H and O–H groups in total. The van der Waals surface area contributed by atoms with E-state index in [9.17, 15) is 23.9 Å². The second-order valence-corrected chi connectivity index (χ2v) is 9.59. The summed E-state index contributed by atoms with van der Waals surface area (Å²) in [5.41, 5.74) is 2.56. The van der Waals surface area contributed by atoms with Gasteiger partial charge in [0.25, 0.3) is 0 Å². The minimum absolute atomic E-state index is 0.0702. The number of urea groups is 1. The van der Waals surface area contributed by atoms with Gasteiger partial charge in [-0.15, -0.1) is 0 Å². The van der Waals surface area contributed by atoms with Crippen LogP contribution in [0.4, 0.5) is 9.18 Å². The van der Waals surface area contributed by atoms with E-state index in [-0.39, 0.29) is 37.4 Å². The summed E-state index contributed by atoms with van der Waals surface area (Å²) < 4.78 is 18.3. The number of para-hydroxylation sites is 1. The minimum Gasteiger partial charge on any atom is -0.480 e. The second kappa shape index (κ2) is 13.0. The van der Waals surface area contributed by atoms with Gasteiger partial charge in [0, 0.05) is 43.2 Å². The quantitative estimate of drug-likeness (QED) is 0.306. The Morgan fingerprint density at radius 2 is 1.84 bits per heavy atom. The first-order chi connectivity index (χ1) is 18.4. The fourth-order valence-electron chi connectivity index (χ4n) is 4.69. The maximum atomic E-state index is 12.9. The number of likely N-dealkylation sites (tertiary alicyclic amines) is 1. The standard InChI is InChI=1S/C28H33FN4O5/c29-22-7-5-20(6-8-22)17-38-18-26(34)30-12-9-19-10-13-33(14-11-19)28(37)32-25(27(35)36)15-21-16-31-24-4-2-1-3-23(21)24/h1-8,16,19,25,31H,9-15,17-18H2,(H,30,34)(H,32,37)(H,35,36). The summed E-state index contributed by atoms with van der Waals surface area (Å²) in [6.07, 6.45) is 4.33. The molecule has 3 amide bonds. The summed E-state index contributed by atoms with van der Waals surface area (Å²) in [4.78, 5) is 41.4. The molecule has 9 nitrogen and oxygen atoms in total. The molecule has 1 unspecified atom stereocenters. The van der Waals surface area contributed by atoms with Crippen molar-refractivity contribution in [2.24, 2.45) is 5.92 Å². The van der Waals surface area contributed by atoms with Crippen molar-refractivity contribution in [3.63, 3.8) is 0 Å². The minimum atomic E-state index is -1.07. The molecule has 2 heterocycles. The van der Waals surface area contributed by atoms with Gasteiger partial charge in [-0.2, -0.15) is 0 Å². The molecular formula is C28H33FN4O5.